The summed E-state index contributed by atoms with van der Waals surface area (Å²) in [4.78, 5) is 32.9. The number of hydrogen-bond acceptors (Lipinski definition) is 4. The molecule has 7 heteroatoms. The van der Waals surface area contributed by atoms with Gasteiger partial charge in [-0.25, -0.2) is 4.98 Å². The van der Waals surface area contributed by atoms with Crippen LogP contribution in [0.15, 0.2) is 48.5 Å². The molecule has 1 amide bonds. The van der Waals surface area contributed by atoms with Crippen molar-refractivity contribution in [1.29, 1.82) is 0 Å². The summed E-state index contributed by atoms with van der Waals surface area (Å²) in [7, 11) is 0. The molecule has 132 valence electrons. The zero-order valence-electron chi connectivity index (χ0n) is 14.1. The first-order valence-electron chi connectivity index (χ1n) is 8.60. The monoisotopic (exact) mass is 350 g/mol. The molecule has 1 N–H and O–H groups in total. The maximum absolute atomic E-state index is 12.8. The number of benzene rings is 2. The number of amides is 1. The highest BCUT2D eigenvalue weighted by atomic mass is 16.6. The molecule has 1 aromatic heterocycles. The molecule has 1 aliphatic heterocycles. The third-order valence-corrected chi connectivity index (χ3v) is 4.83. The van der Waals surface area contributed by atoms with Crippen LogP contribution in [0.3, 0.4) is 0 Å². The fourth-order valence-electron chi connectivity index (χ4n) is 3.46. The third-order valence-electron chi connectivity index (χ3n) is 4.83. The number of aromatic amines is 1. The average molecular weight is 350 g/mol. The molecule has 7 nitrogen and oxygen atoms in total. The molecule has 1 atom stereocenters. The van der Waals surface area contributed by atoms with E-state index in [-0.39, 0.29) is 17.5 Å². The molecule has 26 heavy (non-hydrogen) atoms. The molecule has 2 aromatic carbocycles. The number of para-hydroxylation sites is 2. The Balaban J connectivity index is 1.52. The van der Waals surface area contributed by atoms with Gasteiger partial charge in [-0.2, -0.15) is 0 Å². The van der Waals surface area contributed by atoms with Crippen molar-refractivity contribution < 1.29 is 9.72 Å². The number of rotatable bonds is 3. The van der Waals surface area contributed by atoms with E-state index < -0.39 is 4.92 Å². The summed E-state index contributed by atoms with van der Waals surface area (Å²) in [6.45, 7) is 1.28. The predicted octanol–water partition coefficient (Wildman–Crippen LogP) is 3.49. The van der Waals surface area contributed by atoms with Crippen molar-refractivity contribution >= 4 is 22.6 Å². The molecule has 0 saturated carbocycles. The molecule has 1 aliphatic rings. The van der Waals surface area contributed by atoms with Crippen molar-refractivity contribution in [3.8, 4) is 0 Å². The lowest BCUT2D eigenvalue weighted by atomic mass is 9.96. The van der Waals surface area contributed by atoms with Crippen LogP contribution >= 0.6 is 0 Å². The zero-order chi connectivity index (χ0) is 18.1. The van der Waals surface area contributed by atoms with Crippen LogP contribution in [0.1, 0.15) is 34.9 Å². The smallest absolute Gasteiger partial charge is 0.269 e. The van der Waals surface area contributed by atoms with E-state index in [4.69, 9.17) is 0 Å². The summed E-state index contributed by atoms with van der Waals surface area (Å²) in [5.74, 6) is 0.978. The minimum atomic E-state index is -0.466. The number of H-pyrrole nitrogens is 1. The van der Waals surface area contributed by atoms with Crippen molar-refractivity contribution in [3.63, 3.8) is 0 Å². The van der Waals surface area contributed by atoms with Gasteiger partial charge in [-0.1, -0.05) is 12.1 Å². The summed E-state index contributed by atoms with van der Waals surface area (Å²) >= 11 is 0. The van der Waals surface area contributed by atoms with E-state index in [9.17, 15) is 14.9 Å². The predicted molar refractivity (Wildman–Crippen MR) is 97.1 cm³/mol. The lowest BCUT2D eigenvalue weighted by Crippen LogP contribution is -2.39. The number of carbonyl (C=O) groups excluding carboxylic acids is 1. The Kier molecular flexibility index (Phi) is 4.12. The van der Waals surface area contributed by atoms with Gasteiger partial charge in [0.1, 0.15) is 5.82 Å². The molecule has 0 spiro atoms. The molecule has 0 radical (unpaired) electrons. The Bertz CT molecular complexity index is 931. The van der Waals surface area contributed by atoms with Crippen molar-refractivity contribution in [2.24, 2.45) is 0 Å². The highest BCUT2D eigenvalue weighted by Gasteiger charge is 2.27. The largest absolute Gasteiger partial charge is 0.342 e. The Labute approximate surface area is 149 Å². The maximum Gasteiger partial charge on any atom is 0.269 e. The van der Waals surface area contributed by atoms with Crippen LogP contribution in [0.5, 0.6) is 0 Å². The topological polar surface area (TPSA) is 92.1 Å². The second-order valence-corrected chi connectivity index (χ2v) is 6.53. The Hall–Kier alpha value is -3.22. The van der Waals surface area contributed by atoms with Crippen LogP contribution in [-0.2, 0) is 0 Å². The summed E-state index contributed by atoms with van der Waals surface area (Å²) in [6, 6.07) is 13.7. The van der Waals surface area contributed by atoms with Gasteiger partial charge in [0.25, 0.3) is 11.6 Å². The second-order valence-electron chi connectivity index (χ2n) is 6.53. The number of fused-ring (bicyclic) bond motifs is 1. The molecule has 3 aromatic rings. The van der Waals surface area contributed by atoms with Gasteiger partial charge in [0.15, 0.2) is 0 Å². The lowest BCUT2D eigenvalue weighted by Gasteiger charge is -2.32. The van der Waals surface area contributed by atoms with Gasteiger partial charge in [-0.3, -0.25) is 14.9 Å². The maximum atomic E-state index is 12.8. The molecule has 2 heterocycles. The van der Waals surface area contributed by atoms with E-state index in [0.717, 1.165) is 29.7 Å². The Morgan fingerprint density at radius 1 is 1.19 bits per heavy atom. The summed E-state index contributed by atoms with van der Waals surface area (Å²) in [6.07, 6.45) is 1.88. The van der Waals surface area contributed by atoms with Crippen LogP contribution in [0.2, 0.25) is 0 Å². The highest BCUT2D eigenvalue weighted by molar-refractivity contribution is 5.94. The van der Waals surface area contributed by atoms with Gasteiger partial charge in [-0.15, -0.1) is 0 Å². The van der Waals surface area contributed by atoms with Crippen molar-refractivity contribution in [2.75, 3.05) is 13.1 Å². The molecule has 0 aliphatic carbocycles. The number of nitro groups is 1. The van der Waals surface area contributed by atoms with Gasteiger partial charge >= 0.3 is 0 Å². The number of piperidine rings is 1. The normalized spacial score (nSPS) is 17.4. The first-order chi connectivity index (χ1) is 12.6. The molecule has 1 fully saturated rings. The van der Waals surface area contributed by atoms with Crippen LogP contribution in [0, 0.1) is 10.1 Å². The number of nitrogens with one attached hydrogen (secondary N) is 1. The standard InChI is InChI=1S/C19H18N4O3/c24-19(13-7-9-15(10-8-13)23(25)26)22-11-3-4-14(12-22)18-20-16-5-1-2-6-17(16)21-18/h1-2,5-10,14H,3-4,11-12H2,(H,20,21)/t14-/m1/s1. The number of likely N-dealkylation sites (tertiary alicyclic amines) is 1. The first-order valence-corrected chi connectivity index (χ1v) is 8.60. The molecule has 1 saturated heterocycles. The fraction of sp³-hybridized carbons (Fsp3) is 0.263. The van der Waals surface area contributed by atoms with Crippen LogP contribution < -0.4 is 0 Å². The van der Waals surface area contributed by atoms with E-state index in [1.807, 2.05) is 29.2 Å². The zero-order valence-corrected chi connectivity index (χ0v) is 14.1. The molecule has 0 unspecified atom stereocenters. The Morgan fingerprint density at radius 2 is 1.96 bits per heavy atom. The summed E-state index contributed by atoms with van der Waals surface area (Å²) in [5.41, 5.74) is 2.39. The van der Waals surface area contributed by atoms with Gasteiger partial charge in [0, 0.05) is 36.7 Å². The third kappa shape index (κ3) is 3.03. The van der Waals surface area contributed by atoms with Crippen LogP contribution in [0.4, 0.5) is 5.69 Å². The second kappa shape index (κ2) is 6.59. The fourth-order valence-corrected chi connectivity index (χ4v) is 3.46. The van der Waals surface area contributed by atoms with Crippen LogP contribution in [-0.4, -0.2) is 38.8 Å². The number of carbonyl (C=O) groups is 1. The molecule has 0 bridgehead atoms. The van der Waals surface area contributed by atoms with Gasteiger partial charge < -0.3 is 9.88 Å². The van der Waals surface area contributed by atoms with Crippen molar-refractivity contribution in [3.05, 3.63) is 70.0 Å². The number of non-ortho nitro benzene ring substituents is 1. The van der Waals surface area contributed by atoms with Gasteiger partial charge in [0.2, 0.25) is 0 Å². The summed E-state index contributed by atoms with van der Waals surface area (Å²) in [5, 5.41) is 10.8. The molecule has 4 rings (SSSR count). The number of hydrogen-bond donors (Lipinski definition) is 1. The van der Waals surface area contributed by atoms with E-state index in [2.05, 4.69) is 9.97 Å². The van der Waals surface area contributed by atoms with Gasteiger partial charge in [-0.05, 0) is 37.1 Å². The summed E-state index contributed by atoms with van der Waals surface area (Å²) < 4.78 is 0. The molecular formula is C19H18N4O3. The van der Waals surface area contributed by atoms with E-state index >= 15 is 0 Å². The minimum Gasteiger partial charge on any atom is -0.342 e. The minimum absolute atomic E-state index is 0.0136. The van der Waals surface area contributed by atoms with E-state index in [1.165, 1.54) is 24.3 Å². The number of aromatic nitrogens is 2. The number of nitro benzene ring substituents is 1. The number of nitrogens with zero attached hydrogens (tertiary/aromatic N) is 3. The van der Waals surface area contributed by atoms with Crippen LogP contribution in [0.25, 0.3) is 11.0 Å². The highest BCUT2D eigenvalue weighted by Crippen LogP contribution is 2.27. The van der Waals surface area contributed by atoms with Gasteiger partial charge in [0.05, 0.1) is 16.0 Å². The van der Waals surface area contributed by atoms with Crippen molar-refractivity contribution in [1.82, 2.24) is 14.9 Å². The quantitative estimate of drug-likeness (QED) is 0.578. The Morgan fingerprint density at radius 3 is 2.69 bits per heavy atom. The average Bonchev–Trinajstić information content (AvgIpc) is 3.12. The SMILES string of the molecule is O=C(c1ccc([N+](=O)[O-])cc1)N1CCC[C@@H](c2nc3ccccc3[nH]2)C1. The number of imidazole rings is 1. The first kappa shape index (κ1) is 16.3. The van der Waals surface area contributed by atoms with E-state index in [0.29, 0.717) is 18.7 Å². The molecular weight excluding hydrogens is 332 g/mol. The lowest BCUT2D eigenvalue weighted by molar-refractivity contribution is -0.384. The van der Waals surface area contributed by atoms with E-state index in [1.54, 1.807) is 0 Å². The van der Waals surface area contributed by atoms with Crippen molar-refractivity contribution in [2.45, 2.75) is 18.8 Å².